The second-order valence-electron chi connectivity index (χ2n) is 6.27. The first-order chi connectivity index (χ1) is 12.6. The molecule has 134 valence electrons. The molecule has 0 radical (unpaired) electrons. The number of nitrogens with zero attached hydrogens (tertiary/aromatic N) is 5. The van der Waals surface area contributed by atoms with E-state index in [1.165, 1.54) is 18.3 Å². The highest BCUT2D eigenvalue weighted by Gasteiger charge is 2.28. The summed E-state index contributed by atoms with van der Waals surface area (Å²) in [5.74, 6) is 0.943. The molecule has 3 aromatic heterocycles. The van der Waals surface area contributed by atoms with E-state index in [1.54, 1.807) is 5.38 Å². The summed E-state index contributed by atoms with van der Waals surface area (Å²) in [5.41, 5.74) is 1.22. The molecule has 0 unspecified atom stereocenters. The molecule has 0 aliphatic carbocycles. The zero-order valence-corrected chi connectivity index (χ0v) is 15.1. The van der Waals surface area contributed by atoms with Gasteiger partial charge in [0.2, 0.25) is 5.91 Å². The van der Waals surface area contributed by atoms with Crippen molar-refractivity contribution in [2.24, 2.45) is 0 Å². The Hall–Kier alpha value is -2.81. The lowest BCUT2D eigenvalue weighted by atomic mass is 9.96. The number of anilines is 1. The molecule has 1 fully saturated rings. The van der Waals surface area contributed by atoms with Crippen LogP contribution in [0, 0.1) is 0 Å². The molecule has 2 amide bonds. The van der Waals surface area contributed by atoms with Gasteiger partial charge in [-0.3, -0.25) is 14.0 Å². The topological polar surface area (TPSA) is 92.5 Å². The maximum Gasteiger partial charge on any atom is 0.273 e. The van der Waals surface area contributed by atoms with E-state index in [2.05, 4.69) is 20.5 Å². The Kier molecular flexibility index (Phi) is 4.37. The van der Waals surface area contributed by atoms with Crippen LogP contribution in [0.3, 0.4) is 0 Å². The first-order valence-electron chi connectivity index (χ1n) is 8.44. The lowest BCUT2D eigenvalue weighted by molar-refractivity contribution is -0.114. The molecule has 4 rings (SSSR count). The summed E-state index contributed by atoms with van der Waals surface area (Å²) in [5, 5.41) is 13.3. The number of carbonyl (C=O) groups is 2. The van der Waals surface area contributed by atoms with Crippen LogP contribution in [0.5, 0.6) is 0 Å². The van der Waals surface area contributed by atoms with E-state index in [0.29, 0.717) is 23.9 Å². The van der Waals surface area contributed by atoms with Crippen molar-refractivity contribution in [2.75, 3.05) is 18.4 Å². The van der Waals surface area contributed by atoms with E-state index >= 15 is 0 Å². The Morgan fingerprint density at radius 1 is 1.23 bits per heavy atom. The molecular formula is C17H18N6O2S. The molecule has 0 atom stereocenters. The standard InChI is InChI=1S/C17H18N6O2S/c1-11(24)18-17-19-13(10-26-17)16(25)22-8-5-12(6-9-22)15-21-20-14-4-2-3-7-23(14)15/h2-4,7,10,12H,5-6,8-9H2,1H3,(H,18,19,24). The van der Waals surface area contributed by atoms with Gasteiger partial charge in [0.25, 0.3) is 5.91 Å². The van der Waals surface area contributed by atoms with Crippen LogP contribution in [-0.2, 0) is 4.79 Å². The lowest BCUT2D eigenvalue weighted by Gasteiger charge is -2.30. The number of hydrogen-bond donors (Lipinski definition) is 1. The number of amides is 2. The maximum atomic E-state index is 12.6. The number of likely N-dealkylation sites (tertiary alicyclic amines) is 1. The number of hydrogen-bond acceptors (Lipinski definition) is 6. The van der Waals surface area contributed by atoms with Gasteiger partial charge in [-0.25, -0.2) is 4.98 Å². The van der Waals surface area contributed by atoms with Gasteiger partial charge < -0.3 is 10.2 Å². The highest BCUT2D eigenvalue weighted by atomic mass is 32.1. The van der Waals surface area contributed by atoms with Gasteiger partial charge in [0.15, 0.2) is 10.8 Å². The normalized spacial score (nSPS) is 15.3. The van der Waals surface area contributed by atoms with Gasteiger partial charge in [-0.15, -0.1) is 21.5 Å². The smallest absolute Gasteiger partial charge is 0.273 e. The Bertz CT molecular complexity index is 957. The van der Waals surface area contributed by atoms with Gasteiger partial charge in [0, 0.05) is 37.5 Å². The highest BCUT2D eigenvalue weighted by molar-refractivity contribution is 7.14. The van der Waals surface area contributed by atoms with Crippen molar-refractivity contribution in [1.82, 2.24) is 24.5 Å². The minimum absolute atomic E-state index is 0.0950. The molecule has 3 aromatic rings. The Morgan fingerprint density at radius 3 is 2.81 bits per heavy atom. The van der Waals surface area contributed by atoms with E-state index in [4.69, 9.17) is 0 Å². The minimum atomic E-state index is -0.195. The summed E-state index contributed by atoms with van der Waals surface area (Å²) >= 11 is 1.26. The SMILES string of the molecule is CC(=O)Nc1nc(C(=O)N2CCC(c3nnc4ccccn34)CC2)cs1. The summed E-state index contributed by atoms with van der Waals surface area (Å²) in [6.45, 7) is 2.72. The molecule has 0 spiro atoms. The summed E-state index contributed by atoms with van der Waals surface area (Å²) in [4.78, 5) is 29.7. The fourth-order valence-corrected chi connectivity index (χ4v) is 3.95. The van der Waals surface area contributed by atoms with Crippen molar-refractivity contribution in [3.63, 3.8) is 0 Å². The van der Waals surface area contributed by atoms with E-state index in [1.807, 2.05) is 33.7 Å². The number of nitrogens with one attached hydrogen (secondary N) is 1. The van der Waals surface area contributed by atoms with Crippen LogP contribution in [-0.4, -0.2) is 49.4 Å². The summed E-state index contributed by atoms with van der Waals surface area (Å²) in [6.07, 6.45) is 3.65. The van der Waals surface area contributed by atoms with Gasteiger partial charge in [0.05, 0.1) is 0 Å². The van der Waals surface area contributed by atoms with E-state index < -0.39 is 0 Å². The Morgan fingerprint density at radius 2 is 2.04 bits per heavy atom. The molecule has 4 heterocycles. The first kappa shape index (κ1) is 16.6. The van der Waals surface area contributed by atoms with Gasteiger partial charge in [-0.2, -0.15) is 0 Å². The largest absolute Gasteiger partial charge is 0.337 e. The summed E-state index contributed by atoms with van der Waals surface area (Å²) < 4.78 is 2.02. The van der Waals surface area contributed by atoms with Crippen LogP contribution in [0.15, 0.2) is 29.8 Å². The molecule has 1 aliphatic heterocycles. The number of piperidine rings is 1. The average Bonchev–Trinajstić information content (AvgIpc) is 3.28. The number of rotatable bonds is 3. The second kappa shape index (κ2) is 6.83. The van der Waals surface area contributed by atoms with Crippen molar-refractivity contribution < 1.29 is 9.59 Å². The third-order valence-corrected chi connectivity index (χ3v) is 5.25. The number of fused-ring (bicyclic) bond motifs is 1. The molecule has 9 heteroatoms. The van der Waals surface area contributed by atoms with Crippen LogP contribution < -0.4 is 5.32 Å². The highest BCUT2D eigenvalue weighted by Crippen LogP contribution is 2.28. The minimum Gasteiger partial charge on any atom is -0.337 e. The fraction of sp³-hybridized carbons (Fsp3) is 0.353. The molecule has 0 bridgehead atoms. The zero-order chi connectivity index (χ0) is 18.1. The lowest BCUT2D eigenvalue weighted by Crippen LogP contribution is -2.38. The molecule has 1 aliphatic rings. The Labute approximate surface area is 153 Å². The number of pyridine rings is 1. The predicted molar refractivity (Wildman–Crippen MR) is 97.3 cm³/mol. The third-order valence-electron chi connectivity index (χ3n) is 4.49. The van der Waals surface area contributed by atoms with Gasteiger partial charge in [-0.05, 0) is 25.0 Å². The van der Waals surface area contributed by atoms with Crippen molar-refractivity contribution in [3.05, 3.63) is 41.3 Å². The van der Waals surface area contributed by atoms with Crippen LogP contribution >= 0.6 is 11.3 Å². The van der Waals surface area contributed by atoms with Crippen LogP contribution in [0.4, 0.5) is 5.13 Å². The monoisotopic (exact) mass is 370 g/mol. The van der Waals surface area contributed by atoms with Crippen molar-refractivity contribution in [2.45, 2.75) is 25.7 Å². The quantitative estimate of drug-likeness (QED) is 0.763. The molecule has 1 saturated heterocycles. The second-order valence-corrected chi connectivity index (χ2v) is 7.13. The first-order valence-corrected chi connectivity index (χ1v) is 9.32. The van der Waals surface area contributed by atoms with Gasteiger partial charge in [0.1, 0.15) is 11.5 Å². The number of thiazole rings is 1. The van der Waals surface area contributed by atoms with Crippen LogP contribution in [0.1, 0.15) is 42.0 Å². The Balaban J connectivity index is 1.42. The fourth-order valence-electron chi connectivity index (χ4n) is 3.22. The van der Waals surface area contributed by atoms with Crippen molar-refractivity contribution in [3.8, 4) is 0 Å². The summed E-state index contributed by atoms with van der Waals surface area (Å²) in [6, 6.07) is 5.84. The van der Waals surface area contributed by atoms with E-state index in [9.17, 15) is 9.59 Å². The van der Waals surface area contributed by atoms with Crippen LogP contribution in [0.2, 0.25) is 0 Å². The molecule has 8 nitrogen and oxygen atoms in total. The van der Waals surface area contributed by atoms with E-state index in [0.717, 1.165) is 24.3 Å². The number of carbonyl (C=O) groups excluding carboxylic acids is 2. The average molecular weight is 370 g/mol. The van der Waals surface area contributed by atoms with Crippen molar-refractivity contribution >= 4 is 33.9 Å². The molecule has 0 aromatic carbocycles. The number of aromatic nitrogens is 4. The predicted octanol–water partition coefficient (Wildman–Crippen LogP) is 2.16. The molecule has 1 N–H and O–H groups in total. The van der Waals surface area contributed by atoms with Crippen molar-refractivity contribution in [1.29, 1.82) is 0 Å². The zero-order valence-electron chi connectivity index (χ0n) is 14.3. The van der Waals surface area contributed by atoms with Gasteiger partial charge >= 0.3 is 0 Å². The molecular weight excluding hydrogens is 352 g/mol. The third kappa shape index (κ3) is 3.17. The molecule has 26 heavy (non-hydrogen) atoms. The summed E-state index contributed by atoms with van der Waals surface area (Å²) in [7, 11) is 0. The van der Waals surface area contributed by atoms with Gasteiger partial charge in [-0.1, -0.05) is 6.07 Å². The molecule has 0 saturated carbocycles. The maximum absolute atomic E-state index is 12.6. The van der Waals surface area contributed by atoms with E-state index in [-0.39, 0.29) is 17.7 Å². The van der Waals surface area contributed by atoms with Crippen LogP contribution in [0.25, 0.3) is 5.65 Å².